The lowest BCUT2D eigenvalue weighted by Gasteiger charge is -2.40. The zero-order valence-electron chi connectivity index (χ0n) is 16.7. The molecule has 162 valence electrons. The average molecular weight is 534 g/mol. The summed E-state index contributed by atoms with van der Waals surface area (Å²) in [7, 11) is 3.78. The van der Waals surface area contributed by atoms with Gasteiger partial charge in [0.2, 0.25) is 0 Å². The van der Waals surface area contributed by atoms with Crippen LogP contribution in [0.2, 0.25) is 0 Å². The Morgan fingerprint density at radius 1 is 1.25 bits per heavy atom. The molecule has 2 heterocycles. The second-order valence-corrected chi connectivity index (χ2v) is 8.02. The molecule has 0 amide bonds. The van der Waals surface area contributed by atoms with Gasteiger partial charge in [0.25, 0.3) is 0 Å². The second-order valence-electron chi connectivity index (χ2n) is 7.08. The van der Waals surface area contributed by atoms with Crippen LogP contribution in [-0.4, -0.2) is 73.6 Å². The van der Waals surface area contributed by atoms with Crippen molar-refractivity contribution in [3.63, 3.8) is 0 Å². The molecule has 1 aliphatic rings. The molecule has 1 unspecified atom stereocenters. The van der Waals surface area contributed by atoms with Crippen LogP contribution in [-0.2, 0) is 12.7 Å². The van der Waals surface area contributed by atoms with Crippen LogP contribution in [0.25, 0.3) is 0 Å². The fraction of sp³-hybridized carbons (Fsp3) is 0.765. The summed E-state index contributed by atoms with van der Waals surface area (Å²) >= 11 is 0.992. The SMILES string of the molecule is CN=C(NCc1nc(C(F)(F)F)cs1)NCC(C(C)C)N1CCN(C)CC1.I. The molecular weight excluding hydrogens is 504 g/mol. The van der Waals surface area contributed by atoms with Crippen LogP contribution in [0.1, 0.15) is 24.5 Å². The standard InChI is InChI=1S/C17H29F3N6S.HI/c1-12(2)13(26-7-5-25(4)6-8-26)9-22-16(21-3)23-10-15-24-14(11-27-15)17(18,19)20;/h11-13H,5-10H2,1-4H3,(H2,21,22,23);1H. The van der Waals surface area contributed by atoms with Gasteiger partial charge in [-0.2, -0.15) is 13.2 Å². The largest absolute Gasteiger partial charge is 0.434 e. The van der Waals surface area contributed by atoms with E-state index in [1.54, 1.807) is 7.05 Å². The summed E-state index contributed by atoms with van der Waals surface area (Å²) in [5.74, 6) is 1.05. The smallest absolute Gasteiger partial charge is 0.355 e. The van der Waals surface area contributed by atoms with E-state index in [4.69, 9.17) is 0 Å². The van der Waals surface area contributed by atoms with Crippen molar-refractivity contribution in [2.45, 2.75) is 32.6 Å². The van der Waals surface area contributed by atoms with Crippen LogP contribution in [0.5, 0.6) is 0 Å². The number of thiazole rings is 1. The van der Waals surface area contributed by atoms with Gasteiger partial charge in [-0.25, -0.2) is 4.98 Å². The number of rotatable bonds is 6. The van der Waals surface area contributed by atoms with Crippen LogP contribution in [0.4, 0.5) is 13.2 Å². The predicted molar refractivity (Wildman–Crippen MR) is 118 cm³/mol. The number of hydrogen-bond acceptors (Lipinski definition) is 5. The third-order valence-electron chi connectivity index (χ3n) is 4.73. The molecule has 1 aromatic rings. The maximum Gasteiger partial charge on any atom is 0.434 e. The Balaban J connectivity index is 0.00000392. The Morgan fingerprint density at radius 2 is 1.89 bits per heavy atom. The van der Waals surface area contributed by atoms with Gasteiger partial charge in [0, 0.05) is 51.2 Å². The van der Waals surface area contributed by atoms with Crippen molar-refractivity contribution in [3.05, 3.63) is 16.1 Å². The van der Waals surface area contributed by atoms with E-state index in [0.29, 0.717) is 22.9 Å². The molecule has 1 atom stereocenters. The molecule has 0 aromatic carbocycles. The normalized spacial score (nSPS) is 18.1. The molecule has 2 N–H and O–H groups in total. The van der Waals surface area contributed by atoms with Gasteiger partial charge in [-0.1, -0.05) is 13.8 Å². The number of halogens is 4. The molecule has 2 rings (SSSR count). The number of guanidine groups is 1. The van der Waals surface area contributed by atoms with Gasteiger partial charge in [0.15, 0.2) is 11.7 Å². The Labute approximate surface area is 186 Å². The lowest BCUT2D eigenvalue weighted by atomic mass is 10.0. The molecule has 28 heavy (non-hydrogen) atoms. The molecule has 0 radical (unpaired) electrons. The van der Waals surface area contributed by atoms with Gasteiger partial charge >= 0.3 is 6.18 Å². The molecule has 0 spiro atoms. The maximum atomic E-state index is 12.6. The number of aliphatic imine (C=N–C) groups is 1. The minimum Gasteiger partial charge on any atom is -0.355 e. The Morgan fingerprint density at radius 3 is 2.39 bits per heavy atom. The number of piperazine rings is 1. The summed E-state index contributed by atoms with van der Waals surface area (Å²) in [4.78, 5) is 12.6. The summed E-state index contributed by atoms with van der Waals surface area (Å²) in [5.41, 5.74) is -0.845. The topological polar surface area (TPSA) is 55.8 Å². The summed E-state index contributed by atoms with van der Waals surface area (Å²) in [6.45, 7) is 9.53. The van der Waals surface area contributed by atoms with Gasteiger partial charge in [0.1, 0.15) is 5.01 Å². The summed E-state index contributed by atoms with van der Waals surface area (Å²) < 4.78 is 37.9. The van der Waals surface area contributed by atoms with Gasteiger partial charge in [-0.3, -0.25) is 9.89 Å². The van der Waals surface area contributed by atoms with Crippen LogP contribution < -0.4 is 10.6 Å². The van der Waals surface area contributed by atoms with E-state index in [0.717, 1.165) is 49.4 Å². The first kappa shape index (κ1) is 25.4. The number of alkyl halides is 3. The van der Waals surface area contributed by atoms with E-state index < -0.39 is 11.9 Å². The monoisotopic (exact) mass is 534 g/mol. The molecule has 1 aliphatic heterocycles. The molecule has 11 heteroatoms. The van der Waals surface area contributed by atoms with Crippen molar-refractivity contribution in [2.24, 2.45) is 10.9 Å². The fourth-order valence-electron chi connectivity index (χ4n) is 3.04. The number of nitrogens with one attached hydrogen (secondary N) is 2. The highest BCUT2D eigenvalue weighted by Crippen LogP contribution is 2.29. The highest BCUT2D eigenvalue weighted by molar-refractivity contribution is 14.0. The van der Waals surface area contributed by atoms with Crippen LogP contribution in [0.3, 0.4) is 0 Å². The molecule has 0 bridgehead atoms. The van der Waals surface area contributed by atoms with E-state index in [1.165, 1.54) is 0 Å². The lowest BCUT2D eigenvalue weighted by Crippen LogP contribution is -2.55. The highest BCUT2D eigenvalue weighted by Gasteiger charge is 2.33. The van der Waals surface area contributed by atoms with Crippen molar-refractivity contribution < 1.29 is 13.2 Å². The highest BCUT2D eigenvalue weighted by atomic mass is 127. The summed E-state index contributed by atoms with van der Waals surface area (Å²) in [6.07, 6.45) is -4.40. The first-order valence-electron chi connectivity index (χ1n) is 9.09. The molecule has 1 fully saturated rings. The molecular formula is C17H30F3IN6S. The lowest BCUT2D eigenvalue weighted by molar-refractivity contribution is -0.140. The zero-order valence-corrected chi connectivity index (χ0v) is 19.9. The van der Waals surface area contributed by atoms with Gasteiger partial charge in [0.05, 0.1) is 6.54 Å². The van der Waals surface area contributed by atoms with Crippen molar-refractivity contribution in [1.82, 2.24) is 25.4 Å². The third kappa shape index (κ3) is 7.64. The van der Waals surface area contributed by atoms with E-state index in [2.05, 4.69) is 51.3 Å². The van der Waals surface area contributed by atoms with Crippen LogP contribution in [0, 0.1) is 5.92 Å². The number of nitrogens with zero attached hydrogens (tertiary/aromatic N) is 4. The van der Waals surface area contributed by atoms with Gasteiger partial charge in [-0.15, -0.1) is 35.3 Å². The Bertz CT molecular complexity index is 614. The first-order valence-corrected chi connectivity index (χ1v) is 9.97. The molecule has 0 aliphatic carbocycles. The number of hydrogen-bond donors (Lipinski definition) is 2. The average Bonchev–Trinajstić information content (AvgIpc) is 3.08. The predicted octanol–water partition coefficient (Wildman–Crippen LogP) is 2.72. The van der Waals surface area contributed by atoms with Gasteiger partial charge < -0.3 is 15.5 Å². The van der Waals surface area contributed by atoms with Crippen molar-refractivity contribution in [1.29, 1.82) is 0 Å². The molecule has 0 saturated carbocycles. The minimum absolute atomic E-state index is 0. The molecule has 6 nitrogen and oxygen atoms in total. The molecule has 1 aromatic heterocycles. The summed E-state index contributed by atoms with van der Waals surface area (Å²) in [6, 6.07) is 0.369. The van der Waals surface area contributed by atoms with E-state index >= 15 is 0 Å². The maximum absolute atomic E-state index is 12.6. The van der Waals surface area contributed by atoms with Crippen LogP contribution in [0.15, 0.2) is 10.4 Å². The second kappa shape index (κ2) is 11.5. The fourth-order valence-corrected chi connectivity index (χ4v) is 3.78. The third-order valence-corrected chi connectivity index (χ3v) is 5.58. The number of likely N-dealkylation sites (N-methyl/N-ethyl adjacent to an activating group) is 1. The van der Waals surface area contributed by atoms with E-state index in [9.17, 15) is 13.2 Å². The zero-order chi connectivity index (χ0) is 20.0. The van der Waals surface area contributed by atoms with E-state index in [-0.39, 0.29) is 30.5 Å². The first-order chi connectivity index (χ1) is 12.7. The summed E-state index contributed by atoms with van der Waals surface area (Å²) in [5, 5.41) is 7.77. The van der Waals surface area contributed by atoms with E-state index in [1.807, 2.05) is 0 Å². The van der Waals surface area contributed by atoms with Crippen LogP contribution >= 0.6 is 35.3 Å². The Hall–Kier alpha value is -0.660. The van der Waals surface area contributed by atoms with Crippen molar-refractivity contribution in [3.8, 4) is 0 Å². The Kier molecular flexibility index (Phi) is 10.4. The van der Waals surface area contributed by atoms with Gasteiger partial charge in [-0.05, 0) is 13.0 Å². The van der Waals surface area contributed by atoms with Crippen molar-refractivity contribution in [2.75, 3.05) is 46.8 Å². The van der Waals surface area contributed by atoms with Crippen molar-refractivity contribution >= 4 is 41.3 Å². The quantitative estimate of drug-likeness (QED) is 0.334. The minimum atomic E-state index is -4.40. The molecule has 1 saturated heterocycles. The number of aromatic nitrogens is 1.